The summed E-state index contributed by atoms with van der Waals surface area (Å²) in [6.45, 7) is 0.381. The van der Waals surface area contributed by atoms with Crippen molar-refractivity contribution in [1.29, 1.82) is 0 Å². The summed E-state index contributed by atoms with van der Waals surface area (Å²) in [4.78, 5) is 39.3. The summed E-state index contributed by atoms with van der Waals surface area (Å²) < 4.78 is 54.3. The minimum absolute atomic E-state index is 0.0219. The lowest BCUT2D eigenvalue weighted by atomic mass is 10.2. The fraction of sp³-hybridized carbons (Fsp3) is 0.318. The second-order valence-electron chi connectivity index (χ2n) is 7.99. The van der Waals surface area contributed by atoms with Crippen LogP contribution < -0.4 is 16.0 Å². The van der Waals surface area contributed by atoms with Crippen molar-refractivity contribution in [2.24, 2.45) is 5.92 Å². The van der Waals surface area contributed by atoms with Gasteiger partial charge in [0.25, 0.3) is 5.91 Å². The van der Waals surface area contributed by atoms with Gasteiger partial charge >= 0.3 is 6.18 Å². The molecule has 1 aromatic carbocycles. The van der Waals surface area contributed by atoms with Gasteiger partial charge in [-0.05, 0) is 31.0 Å². The van der Waals surface area contributed by atoms with Crippen molar-refractivity contribution in [2.75, 3.05) is 18.4 Å². The van der Waals surface area contributed by atoms with Crippen molar-refractivity contribution in [2.45, 2.75) is 25.6 Å². The van der Waals surface area contributed by atoms with Gasteiger partial charge in [0, 0.05) is 36.7 Å². The lowest BCUT2D eigenvalue weighted by Crippen LogP contribution is -2.36. The summed E-state index contributed by atoms with van der Waals surface area (Å²) in [5, 5.41) is 12.1. The summed E-state index contributed by atoms with van der Waals surface area (Å²) >= 11 is 0. The number of hydrogen-bond acceptors (Lipinski definition) is 5. The van der Waals surface area contributed by atoms with E-state index >= 15 is 0 Å². The van der Waals surface area contributed by atoms with Crippen LogP contribution in [0.2, 0.25) is 0 Å². The van der Waals surface area contributed by atoms with Gasteiger partial charge in [-0.3, -0.25) is 19.1 Å². The summed E-state index contributed by atoms with van der Waals surface area (Å²) in [5.74, 6) is -2.19. The highest BCUT2D eigenvalue weighted by Crippen LogP contribution is 2.29. The van der Waals surface area contributed by atoms with Crippen LogP contribution >= 0.6 is 0 Å². The molecule has 1 fully saturated rings. The maximum absolute atomic E-state index is 14.5. The molecule has 3 amide bonds. The van der Waals surface area contributed by atoms with E-state index in [1.165, 1.54) is 16.9 Å². The van der Waals surface area contributed by atoms with E-state index in [1.54, 1.807) is 0 Å². The third kappa shape index (κ3) is 6.11. The number of pyridine rings is 1. The zero-order valence-corrected chi connectivity index (χ0v) is 18.2. The van der Waals surface area contributed by atoms with Gasteiger partial charge in [0.1, 0.15) is 23.7 Å². The van der Waals surface area contributed by atoms with Gasteiger partial charge in [-0.15, -0.1) is 0 Å². The van der Waals surface area contributed by atoms with E-state index in [-0.39, 0.29) is 42.0 Å². The summed E-state index contributed by atoms with van der Waals surface area (Å²) in [6, 6.07) is 5.12. The Hall–Kier alpha value is -4.03. The Kier molecular flexibility index (Phi) is 6.67. The summed E-state index contributed by atoms with van der Waals surface area (Å²) in [7, 11) is 0. The fourth-order valence-corrected chi connectivity index (χ4v) is 3.26. The van der Waals surface area contributed by atoms with Gasteiger partial charge in [0.15, 0.2) is 0 Å². The van der Waals surface area contributed by atoms with E-state index in [2.05, 4.69) is 26.0 Å². The number of carbonyl (C=O) groups is 3. The number of amides is 3. The molecule has 1 aliphatic rings. The van der Waals surface area contributed by atoms with Gasteiger partial charge in [0.2, 0.25) is 11.8 Å². The first-order valence-corrected chi connectivity index (χ1v) is 10.7. The van der Waals surface area contributed by atoms with E-state index < -0.39 is 29.3 Å². The average molecular weight is 492 g/mol. The number of rotatable bonds is 8. The number of nitrogens with one attached hydrogen (secondary N) is 3. The normalized spacial score (nSPS) is 13.5. The molecule has 13 heteroatoms. The molecule has 9 nitrogen and oxygen atoms in total. The number of anilines is 1. The molecule has 0 bridgehead atoms. The van der Waals surface area contributed by atoms with Gasteiger partial charge in [-0.25, -0.2) is 9.37 Å². The van der Waals surface area contributed by atoms with Gasteiger partial charge < -0.3 is 16.0 Å². The standard InChI is InChI=1S/C22H20F4N6O3/c23-14-9-16-13(8-17(14)30-21(35)15-2-1-3-18(29-15)22(24,25)26)10-32(31-16)11-19(33)27-6-7-28-20(34)12-4-5-12/h1-3,8-10,12H,4-7,11H2,(H,27,33)(H,28,34)(H,30,35). The zero-order valence-electron chi connectivity index (χ0n) is 18.2. The maximum Gasteiger partial charge on any atom is 0.433 e. The highest BCUT2D eigenvalue weighted by molar-refractivity contribution is 6.04. The highest BCUT2D eigenvalue weighted by atomic mass is 19.4. The van der Waals surface area contributed by atoms with Crippen LogP contribution in [-0.2, 0) is 22.3 Å². The number of benzene rings is 1. The van der Waals surface area contributed by atoms with Crippen LogP contribution in [0.4, 0.5) is 23.2 Å². The molecule has 184 valence electrons. The van der Waals surface area contributed by atoms with Crippen LogP contribution in [0.25, 0.3) is 10.9 Å². The SMILES string of the molecule is O=C(Cn1cc2cc(NC(=O)c3cccc(C(F)(F)F)n3)c(F)cc2n1)NCCNC(=O)C1CC1. The number of hydrogen-bond donors (Lipinski definition) is 3. The molecule has 3 N–H and O–H groups in total. The van der Waals surface area contributed by atoms with Gasteiger partial charge in [-0.2, -0.15) is 18.3 Å². The van der Waals surface area contributed by atoms with Crippen molar-refractivity contribution < 1.29 is 31.9 Å². The van der Waals surface area contributed by atoms with Crippen molar-refractivity contribution in [1.82, 2.24) is 25.4 Å². The number of aromatic nitrogens is 3. The largest absolute Gasteiger partial charge is 0.433 e. The maximum atomic E-state index is 14.5. The topological polar surface area (TPSA) is 118 Å². The lowest BCUT2D eigenvalue weighted by molar-refractivity contribution is -0.141. The van der Waals surface area contributed by atoms with Crippen LogP contribution in [0.1, 0.15) is 29.0 Å². The molecular weight excluding hydrogens is 472 g/mol. The smallest absolute Gasteiger partial charge is 0.354 e. The number of alkyl halides is 3. The molecule has 4 rings (SSSR count). The van der Waals surface area contributed by atoms with Crippen LogP contribution in [0, 0.1) is 11.7 Å². The number of nitrogens with zero attached hydrogens (tertiary/aromatic N) is 3. The fourth-order valence-electron chi connectivity index (χ4n) is 3.26. The lowest BCUT2D eigenvalue weighted by Gasteiger charge is -2.09. The van der Waals surface area contributed by atoms with E-state index in [0.717, 1.165) is 37.1 Å². The molecule has 1 saturated carbocycles. The first-order chi connectivity index (χ1) is 16.6. The zero-order chi connectivity index (χ0) is 25.2. The van der Waals surface area contributed by atoms with Gasteiger partial charge in [-0.1, -0.05) is 6.07 Å². The monoisotopic (exact) mass is 492 g/mol. The second kappa shape index (κ2) is 9.68. The van der Waals surface area contributed by atoms with Crippen LogP contribution in [0.3, 0.4) is 0 Å². The van der Waals surface area contributed by atoms with Crippen LogP contribution in [0.5, 0.6) is 0 Å². The summed E-state index contributed by atoms with van der Waals surface area (Å²) in [6.07, 6.45) is -1.49. The van der Waals surface area contributed by atoms with Crippen molar-refractivity contribution in [3.63, 3.8) is 0 Å². The third-order valence-corrected chi connectivity index (χ3v) is 5.16. The molecule has 2 heterocycles. The van der Waals surface area contributed by atoms with Crippen molar-refractivity contribution in [3.8, 4) is 0 Å². The average Bonchev–Trinajstić information content (AvgIpc) is 3.58. The molecule has 0 atom stereocenters. The Balaban J connectivity index is 1.37. The molecule has 0 saturated heterocycles. The molecule has 2 aromatic heterocycles. The molecule has 0 aliphatic heterocycles. The van der Waals surface area contributed by atoms with E-state index in [9.17, 15) is 31.9 Å². The molecule has 0 radical (unpaired) electrons. The minimum atomic E-state index is -4.73. The van der Waals surface area contributed by atoms with Crippen molar-refractivity contribution in [3.05, 3.63) is 53.7 Å². The van der Waals surface area contributed by atoms with E-state index in [1.807, 2.05) is 0 Å². The first kappa shape index (κ1) is 24.1. The molecule has 35 heavy (non-hydrogen) atoms. The highest BCUT2D eigenvalue weighted by Gasteiger charge is 2.33. The molecule has 0 spiro atoms. The van der Waals surface area contributed by atoms with E-state index in [0.29, 0.717) is 11.9 Å². The van der Waals surface area contributed by atoms with Gasteiger partial charge in [0.05, 0.1) is 11.2 Å². The second-order valence-corrected chi connectivity index (χ2v) is 7.99. The summed E-state index contributed by atoms with van der Waals surface area (Å²) in [5.41, 5.74) is -1.84. The number of halogens is 4. The predicted octanol–water partition coefficient (Wildman–Crippen LogP) is 2.48. The molecule has 3 aromatic rings. The minimum Gasteiger partial charge on any atom is -0.354 e. The Morgan fingerprint density at radius 3 is 2.54 bits per heavy atom. The third-order valence-electron chi connectivity index (χ3n) is 5.16. The van der Waals surface area contributed by atoms with Crippen molar-refractivity contribution >= 4 is 34.3 Å². The Labute approximate surface area is 195 Å². The van der Waals surface area contributed by atoms with Crippen LogP contribution in [-0.4, -0.2) is 45.6 Å². The Morgan fingerprint density at radius 1 is 1.09 bits per heavy atom. The molecular formula is C22H20F4N6O3. The molecule has 1 aliphatic carbocycles. The van der Waals surface area contributed by atoms with E-state index in [4.69, 9.17) is 0 Å². The Bertz CT molecular complexity index is 1290. The number of carbonyl (C=O) groups excluding carboxylic acids is 3. The quantitative estimate of drug-likeness (QED) is 0.330. The first-order valence-electron chi connectivity index (χ1n) is 10.7. The van der Waals surface area contributed by atoms with Crippen LogP contribution in [0.15, 0.2) is 36.5 Å². The predicted molar refractivity (Wildman–Crippen MR) is 116 cm³/mol. The molecule has 0 unspecified atom stereocenters. The number of fused-ring (bicyclic) bond motifs is 1. The Morgan fingerprint density at radius 2 is 1.83 bits per heavy atom.